The van der Waals surface area contributed by atoms with Crippen molar-refractivity contribution in [1.29, 1.82) is 0 Å². The van der Waals surface area contributed by atoms with Crippen LogP contribution in [0.3, 0.4) is 0 Å². The Labute approximate surface area is 126 Å². The lowest BCUT2D eigenvalue weighted by molar-refractivity contribution is 0.000648. The number of ether oxygens (including phenoxy) is 2. The van der Waals surface area contributed by atoms with Gasteiger partial charge in [-0.3, -0.25) is 4.90 Å². The molecule has 6 nitrogen and oxygen atoms in total. The SMILES string of the molecule is NC(=NO)C1CN(CCOc2cccc(Br)c2)CCO1. The Hall–Kier alpha value is -1.31. The molecular formula is C13H18BrN3O3. The van der Waals surface area contributed by atoms with Crippen molar-refractivity contribution < 1.29 is 14.7 Å². The summed E-state index contributed by atoms with van der Waals surface area (Å²) < 4.78 is 12.1. The largest absolute Gasteiger partial charge is 0.492 e. The minimum Gasteiger partial charge on any atom is -0.492 e. The van der Waals surface area contributed by atoms with Gasteiger partial charge in [0.05, 0.1) is 6.61 Å². The highest BCUT2D eigenvalue weighted by Crippen LogP contribution is 2.17. The number of halogens is 1. The first kappa shape index (κ1) is 15.1. The normalized spacial score (nSPS) is 20.9. The van der Waals surface area contributed by atoms with Crippen LogP contribution in [0.15, 0.2) is 33.9 Å². The highest BCUT2D eigenvalue weighted by molar-refractivity contribution is 9.10. The average Bonchev–Trinajstić information content (AvgIpc) is 2.47. The van der Waals surface area contributed by atoms with E-state index in [1.807, 2.05) is 24.3 Å². The van der Waals surface area contributed by atoms with Crippen molar-refractivity contribution in [2.45, 2.75) is 6.10 Å². The molecule has 0 spiro atoms. The first-order valence-electron chi connectivity index (χ1n) is 6.39. The molecule has 1 aromatic carbocycles. The first-order valence-corrected chi connectivity index (χ1v) is 7.18. The molecule has 7 heteroatoms. The van der Waals surface area contributed by atoms with Crippen LogP contribution in [-0.2, 0) is 4.74 Å². The van der Waals surface area contributed by atoms with Gasteiger partial charge in [0.15, 0.2) is 5.84 Å². The van der Waals surface area contributed by atoms with Crippen molar-refractivity contribution >= 4 is 21.8 Å². The molecule has 1 fully saturated rings. The Morgan fingerprint density at radius 3 is 3.20 bits per heavy atom. The van der Waals surface area contributed by atoms with Crippen molar-refractivity contribution in [1.82, 2.24) is 4.90 Å². The van der Waals surface area contributed by atoms with E-state index in [0.29, 0.717) is 19.8 Å². The van der Waals surface area contributed by atoms with E-state index in [-0.39, 0.29) is 11.9 Å². The number of morpholine rings is 1. The molecule has 1 aliphatic heterocycles. The van der Waals surface area contributed by atoms with Crippen LogP contribution in [0.2, 0.25) is 0 Å². The summed E-state index contributed by atoms with van der Waals surface area (Å²) in [5.74, 6) is 0.947. The predicted octanol–water partition coefficient (Wildman–Crippen LogP) is 1.28. The Morgan fingerprint density at radius 2 is 2.45 bits per heavy atom. The fourth-order valence-corrected chi connectivity index (χ4v) is 2.38. The van der Waals surface area contributed by atoms with Crippen LogP contribution in [0, 0.1) is 0 Å². The van der Waals surface area contributed by atoms with Gasteiger partial charge in [0.2, 0.25) is 0 Å². The molecule has 0 radical (unpaired) electrons. The van der Waals surface area contributed by atoms with Crippen molar-refractivity contribution in [2.24, 2.45) is 10.9 Å². The fraction of sp³-hybridized carbons (Fsp3) is 0.462. The molecule has 2 rings (SSSR count). The van der Waals surface area contributed by atoms with E-state index in [9.17, 15) is 0 Å². The topological polar surface area (TPSA) is 80.3 Å². The lowest BCUT2D eigenvalue weighted by atomic mass is 10.2. The van der Waals surface area contributed by atoms with Crippen molar-refractivity contribution in [3.8, 4) is 5.75 Å². The third kappa shape index (κ3) is 4.36. The third-order valence-corrected chi connectivity index (χ3v) is 3.56. The van der Waals surface area contributed by atoms with Crippen LogP contribution in [0.1, 0.15) is 0 Å². The Balaban J connectivity index is 1.76. The lowest BCUT2D eigenvalue weighted by Gasteiger charge is -2.31. The molecule has 1 aliphatic rings. The summed E-state index contributed by atoms with van der Waals surface area (Å²) in [7, 11) is 0. The third-order valence-electron chi connectivity index (χ3n) is 3.07. The van der Waals surface area contributed by atoms with Crippen LogP contribution >= 0.6 is 15.9 Å². The Morgan fingerprint density at radius 1 is 1.60 bits per heavy atom. The molecular weight excluding hydrogens is 326 g/mol. The zero-order valence-corrected chi connectivity index (χ0v) is 12.6. The number of nitrogens with two attached hydrogens (primary N) is 1. The van der Waals surface area contributed by atoms with Crippen molar-refractivity contribution in [3.05, 3.63) is 28.7 Å². The molecule has 0 aromatic heterocycles. The summed E-state index contributed by atoms with van der Waals surface area (Å²) in [4.78, 5) is 2.17. The molecule has 1 unspecified atom stereocenters. The van der Waals surface area contributed by atoms with E-state index in [1.54, 1.807) is 0 Å². The van der Waals surface area contributed by atoms with E-state index in [2.05, 4.69) is 26.0 Å². The van der Waals surface area contributed by atoms with Gasteiger partial charge < -0.3 is 20.4 Å². The minimum atomic E-state index is -0.348. The first-order chi connectivity index (χ1) is 9.69. The van der Waals surface area contributed by atoms with Gasteiger partial charge in [0.25, 0.3) is 0 Å². The van der Waals surface area contributed by atoms with E-state index in [4.69, 9.17) is 20.4 Å². The number of rotatable bonds is 5. The van der Waals surface area contributed by atoms with E-state index in [0.717, 1.165) is 23.3 Å². The summed E-state index contributed by atoms with van der Waals surface area (Å²) in [5.41, 5.74) is 5.56. The molecule has 0 aliphatic carbocycles. The number of benzene rings is 1. The maximum atomic E-state index is 8.66. The fourth-order valence-electron chi connectivity index (χ4n) is 2.00. The molecule has 0 amide bonds. The Kier molecular flexibility index (Phi) is 5.63. The zero-order chi connectivity index (χ0) is 14.4. The number of nitrogens with zero attached hydrogens (tertiary/aromatic N) is 2. The van der Waals surface area contributed by atoms with Gasteiger partial charge >= 0.3 is 0 Å². The maximum Gasteiger partial charge on any atom is 0.169 e. The summed E-state index contributed by atoms with van der Waals surface area (Å²) >= 11 is 3.40. The standard InChI is InChI=1S/C13H18BrN3O3/c14-10-2-1-3-11(8-10)19-6-4-17-5-7-20-12(9-17)13(15)16-18/h1-3,8,12,18H,4-7,9H2,(H2,15,16). The number of amidine groups is 1. The summed E-state index contributed by atoms with van der Waals surface area (Å²) in [6, 6.07) is 7.74. The van der Waals surface area contributed by atoms with Crippen molar-refractivity contribution in [2.75, 3.05) is 32.8 Å². The number of hydrogen-bond acceptors (Lipinski definition) is 5. The van der Waals surface area contributed by atoms with Crippen LogP contribution in [0.5, 0.6) is 5.75 Å². The van der Waals surface area contributed by atoms with Gasteiger partial charge in [-0.2, -0.15) is 0 Å². The summed E-state index contributed by atoms with van der Waals surface area (Å²) in [5, 5.41) is 11.6. The molecule has 0 bridgehead atoms. The van der Waals surface area contributed by atoms with Crippen LogP contribution in [-0.4, -0.2) is 54.9 Å². The second-order valence-corrected chi connectivity index (χ2v) is 5.41. The zero-order valence-electron chi connectivity index (χ0n) is 11.0. The lowest BCUT2D eigenvalue weighted by Crippen LogP contribution is -2.49. The smallest absolute Gasteiger partial charge is 0.169 e. The van der Waals surface area contributed by atoms with Gasteiger partial charge in [-0.05, 0) is 18.2 Å². The second kappa shape index (κ2) is 7.47. The van der Waals surface area contributed by atoms with E-state index in [1.165, 1.54) is 0 Å². The highest BCUT2D eigenvalue weighted by Gasteiger charge is 2.23. The van der Waals surface area contributed by atoms with Crippen LogP contribution in [0.25, 0.3) is 0 Å². The summed E-state index contributed by atoms with van der Waals surface area (Å²) in [6.07, 6.45) is -0.348. The van der Waals surface area contributed by atoms with E-state index < -0.39 is 0 Å². The maximum absolute atomic E-state index is 8.66. The van der Waals surface area contributed by atoms with Gasteiger partial charge in [0.1, 0.15) is 18.5 Å². The van der Waals surface area contributed by atoms with Crippen LogP contribution in [0.4, 0.5) is 0 Å². The van der Waals surface area contributed by atoms with Gasteiger partial charge in [-0.25, -0.2) is 0 Å². The highest BCUT2D eigenvalue weighted by atomic mass is 79.9. The van der Waals surface area contributed by atoms with Crippen LogP contribution < -0.4 is 10.5 Å². The molecule has 20 heavy (non-hydrogen) atoms. The summed E-state index contributed by atoms with van der Waals surface area (Å²) in [6.45, 7) is 3.34. The van der Waals surface area contributed by atoms with Gasteiger partial charge in [-0.1, -0.05) is 27.2 Å². The predicted molar refractivity (Wildman–Crippen MR) is 79.2 cm³/mol. The van der Waals surface area contributed by atoms with Gasteiger partial charge in [0, 0.05) is 24.1 Å². The minimum absolute atomic E-state index is 0.114. The number of oxime groups is 1. The quantitative estimate of drug-likeness (QED) is 0.364. The van der Waals surface area contributed by atoms with Crippen molar-refractivity contribution in [3.63, 3.8) is 0 Å². The molecule has 110 valence electrons. The monoisotopic (exact) mass is 343 g/mol. The van der Waals surface area contributed by atoms with Gasteiger partial charge in [-0.15, -0.1) is 0 Å². The average molecular weight is 344 g/mol. The van der Waals surface area contributed by atoms with E-state index >= 15 is 0 Å². The molecule has 1 atom stereocenters. The molecule has 1 aromatic rings. The number of hydrogen-bond donors (Lipinski definition) is 2. The Bertz CT molecular complexity index is 470. The molecule has 1 saturated heterocycles. The second-order valence-electron chi connectivity index (χ2n) is 4.49. The molecule has 1 heterocycles. The molecule has 3 N–H and O–H groups in total. The molecule has 0 saturated carbocycles.